The van der Waals surface area contributed by atoms with Crippen LogP contribution in [-0.4, -0.2) is 48.7 Å². The predicted octanol–water partition coefficient (Wildman–Crippen LogP) is 1.04. The van der Waals surface area contributed by atoms with E-state index in [9.17, 15) is 0 Å². The fraction of sp³-hybridized carbons (Fsp3) is 1.00. The minimum atomic E-state index is 0.913. The Kier molecular flexibility index (Phi) is 4.06. The zero-order valence-corrected chi connectivity index (χ0v) is 8.66. The summed E-state index contributed by atoms with van der Waals surface area (Å²) in [4.78, 5) is 0. The second-order valence-corrected chi connectivity index (χ2v) is 4.91. The summed E-state index contributed by atoms with van der Waals surface area (Å²) in [7, 11) is 2.27. The molecule has 1 aliphatic rings. The van der Waals surface area contributed by atoms with Gasteiger partial charge in [0.15, 0.2) is 0 Å². The van der Waals surface area contributed by atoms with E-state index in [1.807, 2.05) is 11.9 Å². The molecule has 11 heavy (non-hydrogen) atoms. The van der Waals surface area contributed by atoms with Gasteiger partial charge in [-0.15, -0.1) is 0 Å². The van der Waals surface area contributed by atoms with E-state index < -0.39 is 0 Å². The molecule has 0 aliphatic carbocycles. The maximum Gasteiger partial charge on any atom is 0.113 e. The van der Waals surface area contributed by atoms with E-state index in [2.05, 4.69) is 19.7 Å². The SMILES string of the molecule is C[N+]1(SCCS)CCOCC1. The van der Waals surface area contributed by atoms with Crippen molar-refractivity contribution in [2.45, 2.75) is 0 Å². The Bertz CT molecular complexity index is 115. The molecular formula is C7H16NOS2+. The first-order chi connectivity index (χ1) is 5.27. The summed E-state index contributed by atoms with van der Waals surface area (Å²) < 4.78 is 6.39. The quantitative estimate of drug-likeness (QED) is 0.408. The molecule has 0 saturated carbocycles. The molecule has 0 spiro atoms. The zero-order valence-electron chi connectivity index (χ0n) is 6.95. The van der Waals surface area contributed by atoms with Crippen LogP contribution in [-0.2, 0) is 4.74 Å². The molecule has 0 radical (unpaired) electrons. The van der Waals surface area contributed by atoms with Gasteiger partial charge in [0.25, 0.3) is 0 Å². The molecule has 1 aliphatic heterocycles. The first-order valence-corrected chi connectivity index (χ1v) is 5.52. The van der Waals surface area contributed by atoms with Crippen LogP contribution in [0.1, 0.15) is 0 Å². The predicted molar refractivity (Wildman–Crippen MR) is 53.0 cm³/mol. The second kappa shape index (κ2) is 4.60. The lowest BCUT2D eigenvalue weighted by atomic mass is 10.5. The maximum absolute atomic E-state index is 5.30. The summed E-state index contributed by atoms with van der Waals surface area (Å²) >= 11 is 6.18. The Balaban J connectivity index is 2.25. The van der Waals surface area contributed by atoms with E-state index in [0.29, 0.717) is 0 Å². The molecule has 0 bridgehead atoms. The van der Waals surface area contributed by atoms with Crippen molar-refractivity contribution in [2.75, 3.05) is 44.9 Å². The van der Waals surface area contributed by atoms with Crippen molar-refractivity contribution in [3.63, 3.8) is 0 Å². The molecule has 2 nitrogen and oxygen atoms in total. The van der Waals surface area contributed by atoms with E-state index in [-0.39, 0.29) is 0 Å². The summed E-state index contributed by atoms with van der Waals surface area (Å²) in [6.07, 6.45) is 0. The highest BCUT2D eigenvalue weighted by molar-refractivity contribution is 7.94. The maximum atomic E-state index is 5.30. The molecule has 0 atom stereocenters. The molecule has 0 aromatic rings. The van der Waals surface area contributed by atoms with Gasteiger partial charge in [0.2, 0.25) is 0 Å². The smallest absolute Gasteiger partial charge is 0.113 e. The molecule has 0 aromatic heterocycles. The van der Waals surface area contributed by atoms with Gasteiger partial charge in [-0.3, -0.25) is 3.89 Å². The Labute approximate surface area is 78.4 Å². The minimum Gasteiger partial charge on any atom is -0.370 e. The van der Waals surface area contributed by atoms with Crippen molar-refractivity contribution in [3.05, 3.63) is 0 Å². The lowest BCUT2D eigenvalue weighted by Crippen LogP contribution is -2.46. The van der Waals surface area contributed by atoms with Gasteiger partial charge in [0.1, 0.15) is 13.1 Å². The summed E-state index contributed by atoms with van der Waals surface area (Å²) in [6, 6.07) is 0. The van der Waals surface area contributed by atoms with Gasteiger partial charge >= 0.3 is 0 Å². The van der Waals surface area contributed by atoms with Gasteiger partial charge in [0, 0.05) is 5.75 Å². The van der Waals surface area contributed by atoms with Crippen LogP contribution < -0.4 is 0 Å². The van der Waals surface area contributed by atoms with Crippen molar-refractivity contribution < 1.29 is 8.63 Å². The number of ether oxygens (including phenoxy) is 1. The summed E-state index contributed by atoms with van der Waals surface area (Å²) in [5, 5.41) is 0. The van der Waals surface area contributed by atoms with Crippen LogP contribution in [0.25, 0.3) is 0 Å². The molecule has 0 N–H and O–H groups in total. The molecule has 0 amide bonds. The third-order valence-corrected chi connectivity index (χ3v) is 3.81. The average Bonchev–Trinajstić information content (AvgIpc) is 2.03. The van der Waals surface area contributed by atoms with Crippen molar-refractivity contribution >= 4 is 24.6 Å². The van der Waals surface area contributed by atoms with Crippen LogP contribution in [0.2, 0.25) is 0 Å². The van der Waals surface area contributed by atoms with Crippen LogP contribution in [0.15, 0.2) is 0 Å². The molecule has 1 fully saturated rings. The van der Waals surface area contributed by atoms with Gasteiger partial charge in [-0.1, -0.05) is 0 Å². The van der Waals surface area contributed by atoms with Crippen molar-refractivity contribution in [3.8, 4) is 0 Å². The normalized spacial score (nSPS) is 23.5. The zero-order chi connectivity index (χ0) is 8.16. The highest BCUT2D eigenvalue weighted by Crippen LogP contribution is 2.21. The Morgan fingerprint density at radius 2 is 2.09 bits per heavy atom. The van der Waals surface area contributed by atoms with Crippen LogP contribution in [0.3, 0.4) is 0 Å². The first kappa shape index (κ1) is 9.71. The Morgan fingerprint density at radius 3 is 2.64 bits per heavy atom. The van der Waals surface area contributed by atoms with Gasteiger partial charge < -0.3 is 4.74 Å². The number of thiol groups is 1. The molecule has 1 rings (SSSR count). The molecule has 0 aromatic carbocycles. The van der Waals surface area contributed by atoms with Crippen LogP contribution >= 0.6 is 24.6 Å². The van der Waals surface area contributed by atoms with E-state index >= 15 is 0 Å². The molecule has 0 unspecified atom stereocenters. The van der Waals surface area contributed by atoms with E-state index in [1.165, 1.54) is 0 Å². The van der Waals surface area contributed by atoms with Gasteiger partial charge in [0.05, 0.1) is 38.0 Å². The largest absolute Gasteiger partial charge is 0.370 e. The number of quaternary nitrogens is 1. The summed E-state index contributed by atoms with van der Waals surface area (Å²) in [6.45, 7) is 4.10. The fourth-order valence-electron chi connectivity index (χ4n) is 1.12. The highest BCUT2D eigenvalue weighted by Gasteiger charge is 2.26. The van der Waals surface area contributed by atoms with Crippen LogP contribution in [0.5, 0.6) is 0 Å². The number of rotatable bonds is 3. The Hall–Kier alpha value is 0.620. The number of nitrogens with zero attached hydrogens (tertiary/aromatic N) is 1. The number of hydrogen-bond donors (Lipinski definition) is 1. The number of hydrogen-bond acceptors (Lipinski definition) is 3. The molecule has 1 saturated heterocycles. The van der Waals surface area contributed by atoms with Crippen molar-refractivity contribution in [1.29, 1.82) is 0 Å². The molecular weight excluding hydrogens is 178 g/mol. The van der Waals surface area contributed by atoms with E-state index in [0.717, 1.165) is 41.7 Å². The van der Waals surface area contributed by atoms with Crippen molar-refractivity contribution in [2.24, 2.45) is 0 Å². The fourth-order valence-corrected chi connectivity index (χ4v) is 2.29. The van der Waals surface area contributed by atoms with Crippen LogP contribution in [0, 0.1) is 0 Å². The van der Waals surface area contributed by atoms with E-state index in [4.69, 9.17) is 4.74 Å². The average molecular weight is 194 g/mol. The summed E-state index contributed by atoms with van der Waals surface area (Å²) in [5.41, 5.74) is 0. The minimum absolute atomic E-state index is 0.913. The molecule has 1 heterocycles. The van der Waals surface area contributed by atoms with Gasteiger partial charge in [-0.2, -0.15) is 12.6 Å². The number of likely N-dealkylation sites (N-methyl/N-ethyl adjacent to an activating group) is 1. The summed E-state index contributed by atoms with van der Waals surface area (Å²) in [5.74, 6) is 2.11. The van der Waals surface area contributed by atoms with Crippen molar-refractivity contribution in [1.82, 2.24) is 0 Å². The van der Waals surface area contributed by atoms with Gasteiger partial charge in [-0.25, -0.2) is 0 Å². The Morgan fingerprint density at radius 1 is 1.45 bits per heavy atom. The third kappa shape index (κ3) is 3.23. The standard InChI is InChI=1S/C7H15NOS2/c1-8(11-7-6-10)2-4-9-5-3-8/h2-7H2,1H3/p+1. The van der Waals surface area contributed by atoms with Crippen LogP contribution in [0.4, 0.5) is 0 Å². The second-order valence-electron chi connectivity index (χ2n) is 2.91. The van der Waals surface area contributed by atoms with E-state index in [1.54, 1.807) is 0 Å². The highest BCUT2D eigenvalue weighted by atomic mass is 32.2. The lowest BCUT2D eigenvalue weighted by Gasteiger charge is -2.34. The number of morpholine rings is 1. The third-order valence-electron chi connectivity index (χ3n) is 1.91. The molecule has 4 heteroatoms. The molecule has 66 valence electrons. The first-order valence-electron chi connectivity index (χ1n) is 3.94. The lowest BCUT2D eigenvalue weighted by molar-refractivity contribution is -0.784. The van der Waals surface area contributed by atoms with Gasteiger partial charge in [-0.05, 0) is 0 Å². The topological polar surface area (TPSA) is 9.23 Å². The monoisotopic (exact) mass is 194 g/mol.